The van der Waals surface area contributed by atoms with Crippen LogP contribution in [0.25, 0.3) is 0 Å². The van der Waals surface area contributed by atoms with Crippen LogP contribution in [0.2, 0.25) is 0 Å². The van der Waals surface area contributed by atoms with Crippen LogP contribution < -0.4 is 10.4 Å². The molecule has 0 aromatic rings. The standard InChI is InChI=1S/C16H25NO12/c1-4-6(17-5(2)18)10(9(21)12(27-4)14(22)23)28-16-8(20)7(19)11(26-3)13(29-16)15(24)25/h4,6-13,16,19-21H,1-3H3,(H,17,18)(H,22,23)(H,24,25)/p-1/t4-,6?,7?,8?,9?,10?,11?,12?,13?,16?/m1/s1. The number of carbonyl (C=O) groups excluding carboxylic acids is 2. The van der Waals surface area contributed by atoms with Gasteiger partial charge < -0.3 is 54.6 Å². The van der Waals surface area contributed by atoms with Crippen LogP contribution in [0.15, 0.2) is 0 Å². The quantitative estimate of drug-likeness (QED) is 0.274. The third kappa shape index (κ3) is 4.83. The fourth-order valence-electron chi connectivity index (χ4n) is 3.41. The van der Waals surface area contributed by atoms with Crippen molar-refractivity contribution in [3.63, 3.8) is 0 Å². The van der Waals surface area contributed by atoms with Crippen molar-refractivity contribution in [2.75, 3.05) is 7.11 Å². The zero-order chi connectivity index (χ0) is 22.0. The highest BCUT2D eigenvalue weighted by molar-refractivity contribution is 5.75. The Morgan fingerprint density at radius 1 is 1.00 bits per heavy atom. The van der Waals surface area contributed by atoms with Crippen LogP contribution in [0.1, 0.15) is 13.8 Å². The lowest BCUT2D eigenvalue weighted by Crippen LogP contribution is -2.68. The van der Waals surface area contributed by atoms with Gasteiger partial charge in [-0.1, -0.05) is 0 Å². The first-order valence-corrected chi connectivity index (χ1v) is 8.73. The molecule has 0 saturated carbocycles. The predicted octanol–water partition coefficient (Wildman–Crippen LogP) is -4.68. The number of rotatable bonds is 6. The van der Waals surface area contributed by atoms with Crippen molar-refractivity contribution in [1.82, 2.24) is 5.32 Å². The Labute approximate surface area is 165 Å². The van der Waals surface area contributed by atoms with Crippen LogP contribution >= 0.6 is 0 Å². The summed E-state index contributed by atoms with van der Waals surface area (Å²) < 4.78 is 20.7. The molecule has 13 nitrogen and oxygen atoms in total. The van der Waals surface area contributed by atoms with Gasteiger partial charge in [-0.3, -0.25) is 4.79 Å². The highest BCUT2D eigenvalue weighted by Gasteiger charge is 2.52. The molecule has 5 N–H and O–H groups in total. The second kappa shape index (κ2) is 9.30. The molecule has 0 aliphatic carbocycles. The third-order valence-corrected chi connectivity index (χ3v) is 4.82. The lowest BCUT2D eigenvalue weighted by Gasteiger charge is -2.47. The number of hydrogen-bond acceptors (Lipinski definition) is 11. The van der Waals surface area contributed by atoms with E-state index < -0.39 is 79.0 Å². The van der Waals surface area contributed by atoms with Crippen LogP contribution in [0.5, 0.6) is 0 Å². The molecule has 2 aliphatic heterocycles. The molecule has 13 heteroatoms. The van der Waals surface area contributed by atoms with Crippen molar-refractivity contribution in [2.24, 2.45) is 0 Å². The topological polar surface area (TPSA) is 204 Å². The molecule has 0 aromatic heterocycles. The minimum absolute atomic E-state index is 0.544. The third-order valence-electron chi connectivity index (χ3n) is 4.82. The predicted molar refractivity (Wildman–Crippen MR) is 86.9 cm³/mol. The normalized spacial score (nSPS) is 42.8. The zero-order valence-electron chi connectivity index (χ0n) is 15.8. The van der Waals surface area contributed by atoms with Crippen molar-refractivity contribution >= 4 is 17.8 Å². The van der Waals surface area contributed by atoms with Gasteiger partial charge in [-0.05, 0) is 6.92 Å². The summed E-state index contributed by atoms with van der Waals surface area (Å²) in [6.07, 6.45) is -14.7. The minimum Gasteiger partial charge on any atom is -0.547 e. The molecule has 166 valence electrons. The van der Waals surface area contributed by atoms with Crippen molar-refractivity contribution in [3.8, 4) is 0 Å². The number of nitrogens with one attached hydrogen (secondary N) is 1. The second-order valence-corrected chi connectivity index (χ2v) is 6.84. The summed E-state index contributed by atoms with van der Waals surface area (Å²) in [6.45, 7) is 2.60. The van der Waals surface area contributed by atoms with Crippen LogP contribution in [-0.4, -0.2) is 107 Å². The number of methoxy groups -OCH3 is 1. The second-order valence-electron chi connectivity index (χ2n) is 6.84. The average Bonchev–Trinajstić information content (AvgIpc) is 2.63. The molecular weight excluding hydrogens is 398 g/mol. The Bertz CT molecular complexity index is 629. The Balaban J connectivity index is 2.31. The van der Waals surface area contributed by atoms with E-state index in [9.17, 15) is 39.9 Å². The number of ether oxygens (including phenoxy) is 4. The van der Waals surface area contributed by atoms with E-state index in [1.54, 1.807) is 0 Å². The summed E-state index contributed by atoms with van der Waals surface area (Å²) in [5, 5.41) is 53.8. The zero-order valence-corrected chi connectivity index (χ0v) is 15.8. The van der Waals surface area contributed by atoms with E-state index >= 15 is 0 Å². The molecule has 2 saturated heterocycles. The number of carbonyl (C=O) groups is 3. The summed E-state index contributed by atoms with van der Waals surface area (Å²) >= 11 is 0. The van der Waals surface area contributed by atoms with E-state index in [0.29, 0.717) is 0 Å². The highest BCUT2D eigenvalue weighted by atomic mass is 16.7. The first-order chi connectivity index (χ1) is 13.5. The van der Waals surface area contributed by atoms with Gasteiger partial charge in [0, 0.05) is 14.0 Å². The van der Waals surface area contributed by atoms with Crippen LogP contribution in [-0.2, 0) is 33.3 Å². The lowest BCUT2D eigenvalue weighted by atomic mass is 9.92. The molecule has 0 radical (unpaired) electrons. The van der Waals surface area contributed by atoms with Crippen molar-refractivity contribution in [1.29, 1.82) is 0 Å². The summed E-state index contributed by atoms with van der Waals surface area (Å²) in [7, 11) is 1.09. The van der Waals surface area contributed by atoms with Gasteiger partial charge in [-0.25, -0.2) is 4.79 Å². The molecule has 2 heterocycles. The van der Waals surface area contributed by atoms with Gasteiger partial charge in [0.15, 0.2) is 12.4 Å². The molecule has 0 aromatic carbocycles. The molecule has 1 amide bonds. The van der Waals surface area contributed by atoms with E-state index in [4.69, 9.17) is 18.9 Å². The molecular formula is C16H24NO12-. The van der Waals surface area contributed by atoms with Gasteiger partial charge in [-0.15, -0.1) is 0 Å². The number of aliphatic hydroxyl groups is 3. The molecule has 0 bridgehead atoms. The Kier molecular flexibility index (Phi) is 7.50. The van der Waals surface area contributed by atoms with Crippen molar-refractivity contribution in [3.05, 3.63) is 0 Å². The van der Waals surface area contributed by atoms with Crippen molar-refractivity contribution < 1.29 is 58.9 Å². The molecule has 9 unspecified atom stereocenters. The molecule has 2 aliphatic rings. The Morgan fingerprint density at radius 2 is 1.62 bits per heavy atom. The van der Waals surface area contributed by atoms with Gasteiger partial charge in [0.05, 0.1) is 18.1 Å². The fourth-order valence-corrected chi connectivity index (χ4v) is 3.41. The van der Waals surface area contributed by atoms with Crippen LogP contribution in [0, 0.1) is 0 Å². The first-order valence-electron chi connectivity index (χ1n) is 8.73. The number of aliphatic hydroxyl groups excluding tert-OH is 3. The number of hydrogen-bond donors (Lipinski definition) is 5. The van der Waals surface area contributed by atoms with Gasteiger partial charge in [0.2, 0.25) is 5.91 Å². The summed E-state index contributed by atoms with van der Waals surface area (Å²) in [5.74, 6) is -3.80. The molecule has 2 rings (SSSR count). The number of carboxylic acids is 2. The van der Waals surface area contributed by atoms with Gasteiger partial charge >= 0.3 is 5.97 Å². The maximum atomic E-state index is 11.5. The van der Waals surface area contributed by atoms with Gasteiger partial charge in [-0.2, -0.15) is 0 Å². The molecule has 0 spiro atoms. The monoisotopic (exact) mass is 422 g/mol. The summed E-state index contributed by atoms with van der Waals surface area (Å²) in [6, 6.07) is -1.08. The minimum atomic E-state index is -1.83. The maximum absolute atomic E-state index is 11.5. The Morgan fingerprint density at radius 3 is 2.10 bits per heavy atom. The van der Waals surface area contributed by atoms with E-state index in [1.807, 2.05) is 0 Å². The molecule has 2 fully saturated rings. The molecule has 29 heavy (non-hydrogen) atoms. The van der Waals surface area contributed by atoms with E-state index in [-0.39, 0.29) is 0 Å². The largest absolute Gasteiger partial charge is 0.547 e. The summed E-state index contributed by atoms with van der Waals surface area (Å²) in [5.41, 5.74) is 0. The number of aliphatic carboxylic acids is 2. The van der Waals surface area contributed by atoms with Crippen molar-refractivity contribution in [2.45, 2.75) is 75.0 Å². The van der Waals surface area contributed by atoms with Gasteiger partial charge in [0.1, 0.15) is 36.6 Å². The highest BCUT2D eigenvalue weighted by Crippen LogP contribution is 2.30. The van der Waals surface area contributed by atoms with Crippen LogP contribution in [0.4, 0.5) is 0 Å². The number of carboxylic acid groups (broad SMARTS) is 2. The SMILES string of the molecule is COC1C(C(=O)[O-])OC(OC2C(O)C(C(=O)O)O[C@H](C)C2NC(C)=O)C(O)C1O. The molecule has 10 atom stereocenters. The van der Waals surface area contributed by atoms with Crippen LogP contribution in [0.3, 0.4) is 0 Å². The first kappa shape index (κ1) is 23.4. The number of amides is 1. The smallest absolute Gasteiger partial charge is 0.335 e. The fraction of sp³-hybridized carbons (Fsp3) is 0.812. The van der Waals surface area contributed by atoms with Gasteiger partial charge in [0.25, 0.3) is 0 Å². The van der Waals surface area contributed by atoms with E-state index in [1.165, 1.54) is 13.8 Å². The maximum Gasteiger partial charge on any atom is 0.335 e. The summed E-state index contributed by atoms with van der Waals surface area (Å²) in [4.78, 5) is 34.2. The van der Waals surface area contributed by atoms with E-state index in [0.717, 1.165) is 7.11 Å². The Hall–Kier alpha value is -1.87. The average molecular weight is 422 g/mol. The lowest BCUT2D eigenvalue weighted by molar-refractivity contribution is -0.360. The van der Waals surface area contributed by atoms with E-state index in [2.05, 4.69) is 5.32 Å².